The highest BCUT2D eigenvalue weighted by atomic mass is 35.5. The lowest BCUT2D eigenvalue weighted by Gasteiger charge is -2.06. The van der Waals surface area contributed by atoms with Gasteiger partial charge < -0.3 is 15.4 Å². The van der Waals surface area contributed by atoms with E-state index < -0.39 is 12.0 Å². The lowest BCUT2D eigenvalue weighted by molar-refractivity contribution is -0.141. The summed E-state index contributed by atoms with van der Waals surface area (Å²) in [6, 6.07) is 3.18. The van der Waals surface area contributed by atoms with Crippen molar-refractivity contribution in [1.82, 2.24) is 10.6 Å². The van der Waals surface area contributed by atoms with Gasteiger partial charge in [-0.05, 0) is 19.1 Å². The lowest BCUT2D eigenvalue weighted by Crippen LogP contribution is -2.38. The van der Waals surface area contributed by atoms with Gasteiger partial charge in [-0.2, -0.15) is 0 Å². The number of hydrogen-bond donors (Lipinski definition) is 2. The van der Waals surface area contributed by atoms with E-state index in [0.29, 0.717) is 17.5 Å². The number of urea groups is 1. The molecule has 1 aromatic heterocycles. The van der Waals surface area contributed by atoms with Crippen LogP contribution in [0.2, 0.25) is 4.34 Å². The zero-order chi connectivity index (χ0) is 12.7. The van der Waals surface area contributed by atoms with Crippen LogP contribution in [0.5, 0.6) is 0 Å². The van der Waals surface area contributed by atoms with Gasteiger partial charge in [0.25, 0.3) is 0 Å². The third kappa shape index (κ3) is 5.55. The van der Waals surface area contributed by atoms with E-state index in [1.54, 1.807) is 13.0 Å². The number of hydrogen-bond acceptors (Lipinski definition) is 4. The number of rotatable bonds is 5. The lowest BCUT2D eigenvalue weighted by atomic mass is 10.5. The van der Waals surface area contributed by atoms with Crippen LogP contribution >= 0.6 is 22.9 Å². The largest absolute Gasteiger partial charge is 0.465 e. The molecule has 1 rings (SSSR count). The second kappa shape index (κ2) is 7.13. The molecule has 0 aliphatic carbocycles. The molecule has 0 fully saturated rings. The highest BCUT2D eigenvalue weighted by Gasteiger charge is 2.05. The Morgan fingerprint density at radius 2 is 2.18 bits per heavy atom. The van der Waals surface area contributed by atoms with Crippen molar-refractivity contribution < 1.29 is 14.3 Å². The zero-order valence-corrected chi connectivity index (χ0v) is 10.9. The molecule has 1 aromatic rings. The van der Waals surface area contributed by atoms with Crippen LogP contribution < -0.4 is 10.6 Å². The van der Waals surface area contributed by atoms with Crippen LogP contribution in [0.1, 0.15) is 11.8 Å². The van der Waals surface area contributed by atoms with Gasteiger partial charge in [-0.15, -0.1) is 11.3 Å². The van der Waals surface area contributed by atoms with E-state index >= 15 is 0 Å². The first kappa shape index (κ1) is 13.8. The standard InChI is InChI=1S/C10H13ClN2O3S/c1-2-16-9(14)6-13-10(15)12-5-7-3-4-8(11)17-7/h3-4H,2,5-6H2,1H3,(H2,12,13,15). The van der Waals surface area contributed by atoms with E-state index in [-0.39, 0.29) is 6.54 Å². The predicted octanol–water partition coefficient (Wildman–Crippen LogP) is 1.76. The Labute approximate surface area is 108 Å². The number of thiophene rings is 1. The molecule has 7 heteroatoms. The van der Waals surface area contributed by atoms with Crippen LogP contribution in [0, 0.1) is 0 Å². The molecule has 17 heavy (non-hydrogen) atoms. The first-order chi connectivity index (χ1) is 8.11. The number of amides is 2. The van der Waals surface area contributed by atoms with Gasteiger partial charge in [-0.25, -0.2) is 4.79 Å². The number of ether oxygens (including phenoxy) is 1. The summed E-state index contributed by atoms with van der Waals surface area (Å²) in [6.07, 6.45) is 0. The molecule has 0 spiro atoms. The zero-order valence-electron chi connectivity index (χ0n) is 9.29. The van der Waals surface area contributed by atoms with Crippen LogP contribution in [-0.4, -0.2) is 25.2 Å². The van der Waals surface area contributed by atoms with Gasteiger partial charge in [-0.3, -0.25) is 4.79 Å². The molecular formula is C10H13ClN2O3S. The molecule has 0 aliphatic heterocycles. The maximum Gasteiger partial charge on any atom is 0.325 e. The smallest absolute Gasteiger partial charge is 0.325 e. The minimum absolute atomic E-state index is 0.134. The highest BCUT2D eigenvalue weighted by Crippen LogP contribution is 2.20. The van der Waals surface area contributed by atoms with Gasteiger partial charge in [0.2, 0.25) is 0 Å². The Kier molecular flexibility index (Phi) is 5.79. The number of halogens is 1. The van der Waals surface area contributed by atoms with E-state index in [9.17, 15) is 9.59 Å². The van der Waals surface area contributed by atoms with E-state index in [1.165, 1.54) is 11.3 Å². The van der Waals surface area contributed by atoms with Gasteiger partial charge in [0.1, 0.15) is 6.54 Å². The number of nitrogens with one attached hydrogen (secondary N) is 2. The number of carbonyl (C=O) groups excluding carboxylic acids is 2. The summed E-state index contributed by atoms with van der Waals surface area (Å²) in [5.41, 5.74) is 0. The van der Waals surface area contributed by atoms with Crippen molar-refractivity contribution in [1.29, 1.82) is 0 Å². The molecule has 2 N–H and O–H groups in total. The Morgan fingerprint density at radius 3 is 2.76 bits per heavy atom. The van der Waals surface area contributed by atoms with Crippen molar-refractivity contribution in [2.24, 2.45) is 0 Å². The maximum absolute atomic E-state index is 11.3. The van der Waals surface area contributed by atoms with Crippen LogP contribution in [0.15, 0.2) is 12.1 Å². The van der Waals surface area contributed by atoms with Gasteiger partial charge in [0.15, 0.2) is 0 Å². The maximum atomic E-state index is 11.3. The van der Waals surface area contributed by atoms with Crippen LogP contribution in [0.25, 0.3) is 0 Å². The molecule has 1 heterocycles. The monoisotopic (exact) mass is 276 g/mol. The Hall–Kier alpha value is -1.27. The molecular weight excluding hydrogens is 264 g/mol. The second-order valence-corrected chi connectivity index (χ2v) is 4.85. The molecule has 5 nitrogen and oxygen atoms in total. The van der Waals surface area contributed by atoms with E-state index in [4.69, 9.17) is 11.6 Å². The highest BCUT2D eigenvalue weighted by molar-refractivity contribution is 7.16. The molecule has 94 valence electrons. The molecule has 0 radical (unpaired) electrons. The third-order valence-corrected chi connectivity index (χ3v) is 2.98. The summed E-state index contributed by atoms with van der Waals surface area (Å²) in [5.74, 6) is -0.457. The van der Waals surface area contributed by atoms with Gasteiger partial charge in [-0.1, -0.05) is 11.6 Å². The number of esters is 1. The topological polar surface area (TPSA) is 67.4 Å². The SMILES string of the molecule is CCOC(=O)CNC(=O)NCc1ccc(Cl)s1. The second-order valence-electron chi connectivity index (χ2n) is 3.05. The fourth-order valence-corrected chi connectivity index (χ4v) is 2.07. The van der Waals surface area contributed by atoms with Crippen LogP contribution in [0.3, 0.4) is 0 Å². The number of carbonyl (C=O) groups is 2. The molecule has 0 saturated heterocycles. The first-order valence-electron chi connectivity index (χ1n) is 5.03. The molecule has 0 aliphatic rings. The summed E-state index contributed by atoms with van der Waals surface area (Å²) in [5, 5.41) is 5.00. The minimum atomic E-state index is -0.457. The minimum Gasteiger partial charge on any atom is -0.465 e. The summed E-state index contributed by atoms with van der Waals surface area (Å²) in [7, 11) is 0. The predicted molar refractivity (Wildman–Crippen MR) is 66.2 cm³/mol. The van der Waals surface area contributed by atoms with E-state index in [0.717, 1.165) is 4.88 Å². The van der Waals surface area contributed by atoms with Crippen molar-refractivity contribution in [3.05, 3.63) is 21.3 Å². The average Bonchev–Trinajstić information content (AvgIpc) is 2.70. The van der Waals surface area contributed by atoms with Crippen molar-refractivity contribution in [3.63, 3.8) is 0 Å². The quantitative estimate of drug-likeness (QED) is 0.806. The normalized spacial score (nSPS) is 9.76. The Morgan fingerprint density at radius 1 is 1.41 bits per heavy atom. The van der Waals surface area contributed by atoms with Crippen LogP contribution in [-0.2, 0) is 16.1 Å². The summed E-state index contributed by atoms with van der Waals surface area (Å²) >= 11 is 7.14. The van der Waals surface area contributed by atoms with Crippen molar-refractivity contribution in [2.75, 3.05) is 13.2 Å². The molecule has 0 unspecified atom stereocenters. The Balaban J connectivity index is 2.19. The average molecular weight is 277 g/mol. The molecule has 0 bridgehead atoms. The molecule has 2 amide bonds. The van der Waals surface area contributed by atoms with E-state index in [2.05, 4.69) is 15.4 Å². The molecule has 0 saturated carbocycles. The van der Waals surface area contributed by atoms with Gasteiger partial charge in [0.05, 0.1) is 17.5 Å². The van der Waals surface area contributed by atoms with E-state index in [1.807, 2.05) is 6.07 Å². The van der Waals surface area contributed by atoms with Crippen molar-refractivity contribution in [2.45, 2.75) is 13.5 Å². The Bertz CT molecular complexity index is 395. The van der Waals surface area contributed by atoms with Crippen molar-refractivity contribution in [3.8, 4) is 0 Å². The fourth-order valence-electron chi connectivity index (χ4n) is 1.04. The summed E-state index contributed by atoms with van der Waals surface area (Å²) in [4.78, 5) is 23.2. The first-order valence-corrected chi connectivity index (χ1v) is 6.22. The van der Waals surface area contributed by atoms with Crippen LogP contribution in [0.4, 0.5) is 4.79 Å². The molecule has 0 atom stereocenters. The van der Waals surface area contributed by atoms with Crippen molar-refractivity contribution >= 4 is 34.9 Å². The summed E-state index contributed by atoms with van der Waals surface area (Å²) < 4.78 is 5.34. The summed E-state index contributed by atoms with van der Waals surface area (Å²) in [6.45, 7) is 2.26. The molecule has 0 aromatic carbocycles. The van der Waals surface area contributed by atoms with Gasteiger partial charge in [0, 0.05) is 4.88 Å². The third-order valence-electron chi connectivity index (χ3n) is 1.75. The fraction of sp³-hybridized carbons (Fsp3) is 0.400. The van der Waals surface area contributed by atoms with Gasteiger partial charge >= 0.3 is 12.0 Å².